The summed E-state index contributed by atoms with van der Waals surface area (Å²) in [7, 11) is 0. The minimum Gasteiger partial charge on any atom is -0.481 e. The van der Waals surface area contributed by atoms with E-state index in [1.54, 1.807) is 6.08 Å². The van der Waals surface area contributed by atoms with Crippen molar-refractivity contribution in [1.82, 2.24) is 4.90 Å². The molecule has 0 aromatic heterocycles. The van der Waals surface area contributed by atoms with Crippen LogP contribution in [0.1, 0.15) is 31.2 Å². The van der Waals surface area contributed by atoms with Gasteiger partial charge in [0.15, 0.2) is 0 Å². The lowest BCUT2D eigenvalue weighted by Gasteiger charge is -2.32. The first-order chi connectivity index (χ1) is 10.1. The maximum absolute atomic E-state index is 12.2. The predicted molar refractivity (Wildman–Crippen MR) is 81.6 cm³/mol. The van der Waals surface area contributed by atoms with Crippen molar-refractivity contribution in [2.24, 2.45) is 5.92 Å². The number of hydrogen-bond donors (Lipinski definition) is 1. The fourth-order valence-electron chi connectivity index (χ4n) is 2.67. The molecule has 0 bridgehead atoms. The average Bonchev–Trinajstić information content (AvgIpc) is 2.52. The monoisotopic (exact) mass is 287 g/mol. The highest BCUT2D eigenvalue weighted by atomic mass is 16.4. The Labute approximate surface area is 125 Å². The predicted octanol–water partition coefficient (Wildman–Crippen LogP) is 2.80. The molecule has 1 unspecified atom stereocenters. The SMILES string of the molecule is O=C(O)CCC1CCCN(C(=O)/C=C/c2ccccc2)C1. The van der Waals surface area contributed by atoms with Gasteiger partial charge in [-0.3, -0.25) is 9.59 Å². The van der Waals surface area contributed by atoms with Gasteiger partial charge in [-0.15, -0.1) is 0 Å². The molecule has 21 heavy (non-hydrogen) atoms. The van der Waals surface area contributed by atoms with Crippen molar-refractivity contribution in [1.29, 1.82) is 0 Å². The van der Waals surface area contributed by atoms with Crippen LogP contribution in [0, 0.1) is 5.92 Å². The Bertz CT molecular complexity index is 510. The number of amides is 1. The molecule has 0 spiro atoms. The van der Waals surface area contributed by atoms with Crippen LogP contribution in [0.3, 0.4) is 0 Å². The fourth-order valence-corrected chi connectivity index (χ4v) is 2.67. The highest BCUT2D eigenvalue weighted by Crippen LogP contribution is 2.21. The Morgan fingerprint density at radius 3 is 2.76 bits per heavy atom. The molecule has 1 aliphatic heterocycles. The number of likely N-dealkylation sites (tertiary alicyclic amines) is 1. The molecule has 112 valence electrons. The zero-order valence-electron chi connectivity index (χ0n) is 12.1. The number of carbonyl (C=O) groups is 2. The summed E-state index contributed by atoms with van der Waals surface area (Å²) in [5.74, 6) is -0.440. The van der Waals surface area contributed by atoms with Gasteiger partial charge in [-0.1, -0.05) is 30.3 Å². The third kappa shape index (κ3) is 5.06. The quantitative estimate of drug-likeness (QED) is 0.847. The van der Waals surface area contributed by atoms with Gasteiger partial charge in [-0.05, 0) is 36.8 Å². The standard InChI is InChI=1S/C17H21NO3/c19-16(10-8-14-5-2-1-3-6-14)18-12-4-7-15(13-18)9-11-17(20)21/h1-3,5-6,8,10,15H,4,7,9,11-13H2,(H,20,21)/b10-8+. The molecule has 4 nitrogen and oxygen atoms in total. The van der Waals surface area contributed by atoms with Crippen LogP contribution in [0.2, 0.25) is 0 Å². The molecule has 1 heterocycles. The van der Waals surface area contributed by atoms with Crippen molar-refractivity contribution in [3.8, 4) is 0 Å². The summed E-state index contributed by atoms with van der Waals surface area (Å²) in [5, 5.41) is 8.74. The van der Waals surface area contributed by atoms with Crippen LogP contribution in [0.5, 0.6) is 0 Å². The Morgan fingerprint density at radius 2 is 2.05 bits per heavy atom. The topological polar surface area (TPSA) is 57.6 Å². The van der Waals surface area contributed by atoms with Crippen LogP contribution in [0.15, 0.2) is 36.4 Å². The maximum Gasteiger partial charge on any atom is 0.303 e. The van der Waals surface area contributed by atoms with Crippen molar-refractivity contribution >= 4 is 18.0 Å². The molecular formula is C17H21NO3. The van der Waals surface area contributed by atoms with E-state index in [1.165, 1.54) is 0 Å². The normalized spacial score (nSPS) is 18.9. The van der Waals surface area contributed by atoms with Crippen molar-refractivity contribution in [3.63, 3.8) is 0 Å². The van der Waals surface area contributed by atoms with Gasteiger partial charge >= 0.3 is 5.97 Å². The average molecular weight is 287 g/mol. The van der Waals surface area contributed by atoms with E-state index >= 15 is 0 Å². The molecule has 1 atom stereocenters. The van der Waals surface area contributed by atoms with E-state index in [1.807, 2.05) is 41.3 Å². The van der Waals surface area contributed by atoms with Gasteiger partial charge in [-0.2, -0.15) is 0 Å². The van der Waals surface area contributed by atoms with Crippen molar-refractivity contribution < 1.29 is 14.7 Å². The number of piperidine rings is 1. The molecule has 1 saturated heterocycles. The molecule has 1 N–H and O–H groups in total. The summed E-state index contributed by atoms with van der Waals surface area (Å²) in [6.45, 7) is 1.44. The zero-order chi connectivity index (χ0) is 15.1. The minimum absolute atomic E-state index is 0.0129. The number of rotatable bonds is 5. The van der Waals surface area contributed by atoms with Crippen LogP contribution >= 0.6 is 0 Å². The molecular weight excluding hydrogens is 266 g/mol. The van der Waals surface area contributed by atoms with Gasteiger partial charge in [0.05, 0.1) is 0 Å². The Morgan fingerprint density at radius 1 is 1.29 bits per heavy atom. The third-order valence-electron chi connectivity index (χ3n) is 3.82. The van der Waals surface area contributed by atoms with E-state index < -0.39 is 5.97 Å². The summed E-state index contributed by atoms with van der Waals surface area (Å²) >= 11 is 0. The molecule has 1 fully saturated rings. The van der Waals surface area contributed by atoms with E-state index in [0.717, 1.165) is 24.9 Å². The van der Waals surface area contributed by atoms with Crippen LogP contribution in [-0.2, 0) is 9.59 Å². The van der Waals surface area contributed by atoms with Gasteiger partial charge in [0.2, 0.25) is 5.91 Å². The molecule has 1 amide bonds. The zero-order valence-corrected chi connectivity index (χ0v) is 12.1. The van der Waals surface area contributed by atoms with Gasteiger partial charge in [0.1, 0.15) is 0 Å². The highest BCUT2D eigenvalue weighted by molar-refractivity contribution is 5.91. The van der Waals surface area contributed by atoms with Crippen molar-refractivity contribution in [2.75, 3.05) is 13.1 Å². The van der Waals surface area contributed by atoms with Crippen molar-refractivity contribution in [2.45, 2.75) is 25.7 Å². The maximum atomic E-state index is 12.2. The molecule has 0 radical (unpaired) electrons. The molecule has 4 heteroatoms. The number of benzene rings is 1. The molecule has 0 saturated carbocycles. The smallest absolute Gasteiger partial charge is 0.303 e. The number of nitrogens with zero attached hydrogens (tertiary/aromatic N) is 1. The largest absolute Gasteiger partial charge is 0.481 e. The van der Waals surface area contributed by atoms with Gasteiger partial charge in [-0.25, -0.2) is 0 Å². The number of carboxylic acids is 1. The van der Waals surface area contributed by atoms with E-state index in [2.05, 4.69) is 0 Å². The van der Waals surface area contributed by atoms with Crippen LogP contribution in [0.4, 0.5) is 0 Å². The molecule has 1 aromatic carbocycles. The second kappa shape index (κ2) is 7.62. The first-order valence-electron chi connectivity index (χ1n) is 7.39. The molecule has 1 aromatic rings. The molecule has 0 aliphatic carbocycles. The Balaban J connectivity index is 1.87. The first kappa shape index (κ1) is 15.3. The number of hydrogen-bond acceptors (Lipinski definition) is 2. The summed E-state index contributed by atoms with van der Waals surface area (Å²) < 4.78 is 0. The third-order valence-corrected chi connectivity index (χ3v) is 3.82. The highest BCUT2D eigenvalue weighted by Gasteiger charge is 2.22. The Kier molecular flexibility index (Phi) is 5.55. The van der Waals surface area contributed by atoms with Gasteiger partial charge in [0, 0.05) is 25.6 Å². The summed E-state index contributed by atoms with van der Waals surface area (Å²) in [6.07, 6.45) is 6.24. The number of aliphatic carboxylic acids is 1. The fraction of sp³-hybridized carbons (Fsp3) is 0.412. The van der Waals surface area contributed by atoms with E-state index in [0.29, 0.717) is 18.9 Å². The van der Waals surface area contributed by atoms with Gasteiger partial charge < -0.3 is 10.0 Å². The summed E-state index contributed by atoms with van der Waals surface area (Å²) in [6, 6.07) is 9.72. The Hall–Kier alpha value is -2.10. The molecule has 2 rings (SSSR count). The summed E-state index contributed by atoms with van der Waals surface area (Å²) in [4.78, 5) is 24.6. The second-order valence-corrected chi connectivity index (χ2v) is 5.47. The lowest BCUT2D eigenvalue weighted by Crippen LogP contribution is -2.39. The van der Waals surface area contributed by atoms with E-state index in [-0.39, 0.29) is 12.3 Å². The van der Waals surface area contributed by atoms with E-state index in [9.17, 15) is 9.59 Å². The van der Waals surface area contributed by atoms with Gasteiger partial charge in [0.25, 0.3) is 0 Å². The van der Waals surface area contributed by atoms with Crippen LogP contribution < -0.4 is 0 Å². The number of carbonyl (C=O) groups excluding carboxylic acids is 1. The second-order valence-electron chi connectivity index (χ2n) is 5.47. The first-order valence-corrected chi connectivity index (χ1v) is 7.39. The van der Waals surface area contributed by atoms with Crippen molar-refractivity contribution in [3.05, 3.63) is 42.0 Å². The van der Waals surface area contributed by atoms with Crippen LogP contribution in [-0.4, -0.2) is 35.0 Å². The minimum atomic E-state index is -0.762. The lowest BCUT2D eigenvalue weighted by molar-refractivity contribution is -0.137. The summed E-state index contributed by atoms with van der Waals surface area (Å²) in [5.41, 5.74) is 1.00. The van der Waals surface area contributed by atoms with E-state index in [4.69, 9.17) is 5.11 Å². The van der Waals surface area contributed by atoms with Crippen LogP contribution in [0.25, 0.3) is 6.08 Å². The molecule has 1 aliphatic rings. The lowest BCUT2D eigenvalue weighted by atomic mass is 9.93. The number of carboxylic acid groups (broad SMARTS) is 1.